The van der Waals surface area contributed by atoms with Crippen LogP contribution in [0.4, 0.5) is 5.69 Å². The van der Waals surface area contributed by atoms with Gasteiger partial charge < -0.3 is 5.32 Å². The van der Waals surface area contributed by atoms with Crippen molar-refractivity contribution in [2.24, 2.45) is 4.40 Å². The number of carbonyl (C=O) groups excluding carboxylic acids is 2. The maximum absolute atomic E-state index is 12.8. The van der Waals surface area contributed by atoms with Gasteiger partial charge in [-0.3, -0.25) is 14.5 Å². The molecule has 7 nitrogen and oxygen atoms in total. The van der Waals surface area contributed by atoms with Gasteiger partial charge in [0, 0.05) is 18.7 Å². The first-order chi connectivity index (χ1) is 14.8. The Morgan fingerprint density at radius 2 is 1.87 bits per heavy atom. The Hall–Kier alpha value is -2.91. The first-order valence-corrected chi connectivity index (χ1v) is 12.0. The second kappa shape index (κ2) is 9.93. The molecule has 2 amide bonds. The highest BCUT2D eigenvalue weighted by Crippen LogP contribution is 2.31. The quantitative estimate of drug-likeness (QED) is 0.613. The molecule has 1 unspecified atom stereocenters. The minimum Gasteiger partial charge on any atom is -0.326 e. The molecule has 1 atom stereocenters. The van der Waals surface area contributed by atoms with Crippen LogP contribution in [-0.2, 0) is 26.0 Å². The summed E-state index contributed by atoms with van der Waals surface area (Å²) in [6, 6.07) is 15.4. The number of benzene rings is 2. The molecule has 2 aromatic rings. The molecule has 0 radical (unpaired) electrons. The fraction of sp³-hybridized carbons (Fsp3) is 0.227. The summed E-state index contributed by atoms with van der Waals surface area (Å²) >= 11 is 0.974. The smallest absolute Gasteiger partial charge is 0.284 e. The number of hydrogen-bond donors (Lipinski definition) is 1. The van der Waals surface area contributed by atoms with Gasteiger partial charge in [0.05, 0.1) is 4.90 Å². The molecule has 0 spiro atoms. The highest BCUT2D eigenvalue weighted by atomic mass is 32.2. The monoisotopic (exact) mass is 457 g/mol. The van der Waals surface area contributed by atoms with Crippen molar-refractivity contribution in [2.75, 3.05) is 11.9 Å². The van der Waals surface area contributed by atoms with E-state index in [2.05, 4.69) is 16.3 Å². The van der Waals surface area contributed by atoms with Crippen LogP contribution in [0.2, 0.25) is 0 Å². The van der Waals surface area contributed by atoms with Gasteiger partial charge in [-0.25, -0.2) is 0 Å². The van der Waals surface area contributed by atoms with Gasteiger partial charge in [0.2, 0.25) is 11.8 Å². The van der Waals surface area contributed by atoms with Gasteiger partial charge in [0.25, 0.3) is 10.0 Å². The fourth-order valence-electron chi connectivity index (χ4n) is 2.96. The van der Waals surface area contributed by atoms with Crippen molar-refractivity contribution in [3.63, 3.8) is 0 Å². The summed E-state index contributed by atoms with van der Waals surface area (Å²) in [7, 11) is -4.01. The van der Waals surface area contributed by atoms with Gasteiger partial charge in [-0.15, -0.1) is 11.0 Å². The Morgan fingerprint density at radius 1 is 1.19 bits per heavy atom. The summed E-state index contributed by atoms with van der Waals surface area (Å²) < 4.78 is 29.4. The van der Waals surface area contributed by atoms with Gasteiger partial charge in [0.1, 0.15) is 5.25 Å². The van der Waals surface area contributed by atoms with Crippen LogP contribution >= 0.6 is 11.8 Å². The highest BCUT2D eigenvalue weighted by molar-refractivity contribution is 8.16. The van der Waals surface area contributed by atoms with Crippen LogP contribution in [0.25, 0.3) is 0 Å². The normalized spacial score (nSPS) is 17.7. The molecule has 162 valence electrons. The number of amides is 2. The first kappa shape index (κ1) is 22.8. The van der Waals surface area contributed by atoms with Crippen LogP contribution in [-0.4, -0.2) is 42.1 Å². The number of rotatable bonds is 8. The Morgan fingerprint density at radius 3 is 2.48 bits per heavy atom. The number of hydrogen-bond acceptors (Lipinski definition) is 5. The van der Waals surface area contributed by atoms with E-state index in [1.165, 1.54) is 23.1 Å². The lowest BCUT2D eigenvalue weighted by atomic mass is 10.2. The lowest BCUT2D eigenvalue weighted by Crippen LogP contribution is -2.33. The molecule has 9 heteroatoms. The summed E-state index contributed by atoms with van der Waals surface area (Å²) in [5.41, 5.74) is 1.63. The van der Waals surface area contributed by atoms with Gasteiger partial charge in [-0.05, 0) is 36.2 Å². The zero-order chi connectivity index (χ0) is 22.4. The molecule has 0 bridgehead atoms. The fourth-order valence-corrected chi connectivity index (χ4v) is 5.33. The van der Waals surface area contributed by atoms with E-state index < -0.39 is 15.3 Å². The standard InChI is InChI=1S/C22H23N3O4S2/c1-3-14-25-21(27)19(15-20(26)23-17-8-6-5-7-9-17)30-22(25)24-31(28,29)18-12-10-16(4-2)11-13-18/h3,5-13,19H,1,4,14-15H2,2H3,(H,23,26). The summed E-state index contributed by atoms with van der Waals surface area (Å²) in [6.07, 6.45) is 2.18. The summed E-state index contributed by atoms with van der Waals surface area (Å²) in [5, 5.41) is 2.01. The molecular weight excluding hydrogens is 434 g/mol. The minimum absolute atomic E-state index is 0.0435. The van der Waals surface area contributed by atoms with Crippen LogP contribution in [0.3, 0.4) is 0 Å². The lowest BCUT2D eigenvalue weighted by Gasteiger charge is -2.13. The number of amidine groups is 1. The largest absolute Gasteiger partial charge is 0.326 e. The topological polar surface area (TPSA) is 95.9 Å². The second-order valence-electron chi connectivity index (χ2n) is 6.81. The predicted molar refractivity (Wildman–Crippen MR) is 123 cm³/mol. The van der Waals surface area contributed by atoms with Crippen molar-refractivity contribution in [1.82, 2.24) is 4.90 Å². The van der Waals surface area contributed by atoms with E-state index in [1.807, 2.05) is 13.0 Å². The van der Waals surface area contributed by atoms with Crippen molar-refractivity contribution < 1.29 is 18.0 Å². The van der Waals surface area contributed by atoms with Gasteiger partial charge in [-0.1, -0.05) is 55.1 Å². The van der Waals surface area contributed by atoms with E-state index in [4.69, 9.17) is 0 Å². The number of anilines is 1. The SMILES string of the molecule is C=CCN1C(=O)C(CC(=O)Nc2ccccc2)SC1=NS(=O)(=O)c1ccc(CC)cc1. The van der Waals surface area contributed by atoms with Gasteiger partial charge in [0.15, 0.2) is 5.17 Å². The van der Waals surface area contributed by atoms with Crippen LogP contribution in [0, 0.1) is 0 Å². The zero-order valence-electron chi connectivity index (χ0n) is 17.0. The minimum atomic E-state index is -4.01. The molecule has 1 heterocycles. The maximum Gasteiger partial charge on any atom is 0.284 e. The molecule has 31 heavy (non-hydrogen) atoms. The van der Waals surface area contributed by atoms with Crippen molar-refractivity contribution in [3.05, 3.63) is 72.8 Å². The van der Waals surface area contributed by atoms with E-state index in [0.29, 0.717) is 5.69 Å². The van der Waals surface area contributed by atoms with Crippen LogP contribution < -0.4 is 5.32 Å². The number of nitrogens with zero attached hydrogens (tertiary/aromatic N) is 2. The molecule has 0 aliphatic carbocycles. The van der Waals surface area contributed by atoms with Crippen molar-refractivity contribution in [1.29, 1.82) is 0 Å². The number of carbonyl (C=O) groups is 2. The number of aryl methyl sites for hydroxylation is 1. The highest BCUT2D eigenvalue weighted by Gasteiger charge is 2.39. The number of sulfonamides is 1. The molecule has 1 saturated heterocycles. The Balaban J connectivity index is 1.79. The Kier molecular flexibility index (Phi) is 7.29. The van der Waals surface area contributed by atoms with Crippen LogP contribution in [0.1, 0.15) is 18.9 Å². The molecule has 1 aliphatic heterocycles. The van der Waals surface area contributed by atoms with E-state index in [9.17, 15) is 18.0 Å². The van der Waals surface area contributed by atoms with E-state index in [-0.39, 0.29) is 34.8 Å². The number of para-hydroxylation sites is 1. The van der Waals surface area contributed by atoms with Crippen molar-refractivity contribution in [3.8, 4) is 0 Å². The summed E-state index contributed by atoms with van der Waals surface area (Å²) in [6.45, 7) is 5.70. The Labute approximate surface area is 186 Å². The summed E-state index contributed by atoms with van der Waals surface area (Å²) in [5.74, 6) is -0.710. The maximum atomic E-state index is 12.8. The summed E-state index contributed by atoms with van der Waals surface area (Å²) in [4.78, 5) is 26.5. The molecule has 0 saturated carbocycles. The molecule has 1 fully saturated rings. The van der Waals surface area contributed by atoms with Crippen molar-refractivity contribution in [2.45, 2.75) is 29.9 Å². The molecule has 0 aromatic heterocycles. The third kappa shape index (κ3) is 5.62. The van der Waals surface area contributed by atoms with Gasteiger partial charge >= 0.3 is 0 Å². The zero-order valence-corrected chi connectivity index (χ0v) is 18.7. The average Bonchev–Trinajstić information content (AvgIpc) is 3.03. The van der Waals surface area contributed by atoms with E-state index in [0.717, 1.165) is 23.7 Å². The number of nitrogens with one attached hydrogen (secondary N) is 1. The van der Waals surface area contributed by atoms with Crippen LogP contribution in [0.5, 0.6) is 0 Å². The number of thioether (sulfide) groups is 1. The molecule has 1 aliphatic rings. The third-order valence-electron chi connectivity index (χ3n) is 4.59. The first-order valence-electron chi connectivity index (χ1n) is 9.71. The average molecular weight is 458 g/mol. The van der Waals surface area contributed by atoms with Crippen LogP contribution in [0.15, 0.2) is 76.5 Å². The van der Waals surface area contributed by atoms with Crippen molar-refractivity contribution >= 4 is 44.5 Å². The lowest BCUT2D eigenvalue weighted by molar-refractivity contribution is -0.127. The van der Waals surface area contributed by atoms with E-state index in [1.54, 1.807) is 36.4 Å². The third-order valence-corrected chi connectivity index (χ3v) is 7.16. The molecule has 3 rings (SSSR count). The molecule has 2 aromatic carbocycles. The molecular formula is C22H23N3O4S2. The molecule has 1 N–H and O–H groups in total. The Bertz CT molecular complexity index is 1100. The predicted octanol–water partition coefficient (Wildman–Crippen LogP) is 3.45. The second-order valence-corrected chi connectivity index (χ2v) is 9.58. The van der Waals surface area contributed by atoms with E-state index >= 15 is 0 Å². The van der Waals surface area contributed by atoms with Gasteiger partial charge in [-0.2, -0.15) is 8.42 Å².